The Hall–Kier alpha value is -1.41. The molecule has 0 amide bonds. The van der Waals surface area contributed by atoms with Gasteiger partial charge in [0.15, 0.2) is 5.78 Å². The number of carbonyl (C=O) groups excluding carboxylic acids is 1. The topological polar surface area (TPSA) is 17.1 Å². The zero-order valence-corrected chi connectivity index (χ0v) is 10.8. The number of rotatable bonds is 1. The van der Waals surface area contributed by atoms with Crippen molar-refractivity contribution in [1.29, 1.82) is 0 Å². The molecule has 17 heavy (non-hydrogen) atoms. The lowest BCUT2D eigenvalue weighted by Gasteiger charge is -2.10. The molecule has 0 saturated heterocycles. The minimum Gasteiger partial charge on any atom is -0.294 e. The average Bonchev–Trinajstić information content (AvgIpc) is 2.69. The Morgan fingerprint density at radius 2 is 1.71 bits per heavy atom. The molecule has 0 aromatic heterocycles. The molecule has 0 saturated carbocycles. The molecule has 1 nitrogen and oxygen atoms in total. The lowest BCUT2D eigenvalue weighted by Crippen LogP contribution is -1.96. The van der Waals surface area contributed by atoms with E-state index in [0.29, 0.717) is 6.42 Å². The Bertz CT molecular complexity index is 572. The quantitative estimate of drug-likeness (QED) is 0.769. The molecule has 84 valence electrons. The predicted molar refractivity (Wildman–Crippen MR) is 71.4 cm³/mol. The molecular formula is C15H11BrO. The van der Waals surface area contributed by atoms with Gasteiger partial charge in [0.25, 0.3) is 0 Å². The second-order valence-corrected chi connectivity index (χ2v) is 5.23. The van der Waals surface area contributed by atoms with Gasteiger partial charge in [-0.25, -0.2) is 0 Å². The van der Waals surface area contributed by atoms with Crippen molar-refractivity contribution in [2.24, 2.45) is 0 Å². The van der Waals surface area contributed by atoms with E-state index < -0.39 is 0 Å². The SMILES string of the molecule is O=C1C[C@H](c2ccc(Br)cc2)c2ccccc21. The van der Waals surface area contributed by atoms with Crippen molar-refractivity contribution < 1.29 is 4.79 Å². The summed E-state index contributed by atoms with van der Waals surface area (Å²) in [5.74, 6) is 0.486. The maximum absolute atomic E-state index is 11.9. The van der Waals surface area contributed by atoms with Crippen LogP contribution in [0.25, 0.3) is 0 Å². The van der Waals surface area contributed by atoms with Crippen LogP contribution in [0.3, 0.4) is 0 Å². The van der Waals surface area contributed by atoms with Gasteiger partial charge in [-0.15, -0.1) is 0 Å². The summed E-state index contributed by atoms with van der Waals surface area (Å²) < 4.78 is 1.07. The summed E-state index contributed by atoms with van der Waals surface area (Å²) in [6.07, 6.45) is 0.598. The molecule has 2 aromatic rings. The van der Waals surface area contributed by atoms with Gasteiger partial charge >= 0.3 is 0 Å². The fraction of sp³-hybridized carbons (Fsp3) is 0.133. The van der Waals surface area contributed by atoms with Crippen LogP contribution in [-0.4, -0.2) is 5.78 Å². The molecule has 2 heteroatoms. The van der Waals surface area contributed by atoms with Crippen molar-refractivity contribution >= 4 is 21.7 Å². The largest absolute Gasteiger partial charge is 0.294 e. The second kappa shape index (κ2) is 4.11. The number of Topliss-reactive ketones (excluding diaryl/α,β-unsaturated/α-hetero) is 1. The fourth-order valence-electron chi connectivity index (χ4n) is 2.45. The maximum atomic E-state index is 11.9. The van der Waals surface area contributed by atoms with Crippen LogP contribution in [0.1, 0.15) is 33.8 Å². The number of hydrogen-bond donors (Lipinski definition) is 0. The maximum Gasteiger partial charge on any atom is 0.164 e. The Kier molecular flexibility index (Phi) is 2.60. The standard InChI is InChI=1S/C15H11BrO/c16-11-7-5-10(6-8-11)14-9-15(17)13-4-2-1-3-12(13)14/h1-8,14H,9H2/t14-/m1/s1. The van der Waals surface area contributed by atoms with E-state index in [4.69, 9.17) is 0 Å². The molecule has 1 aliphatic rings. The number of fused-ring (bicyclic) bond motifs is 1. The minimum atomic E-state index is 0.229. The van der Waals surface area contributed by atoms with Crippen molar-refractivity contribution in [1.82, 2.24) is 0 Å². The number of ketones is 1. The van der Waals surface area contributed by atoms with Gasteiger partial charge in [0, 0.05) is 22.4 Å². The Labute approximate surface area is 109 Å². The summed E-state index contributed by atoms with van der Waals surface area (Å²) in [4.78, 5) is 11.9. The summed E-state index contributed by atoms with van der Waals surface area (Å²) in [6.45, 7) is 0. The summed E-state index contributed by atoms with van der Waals surface area (Å²) in [5, 5.41) is 0. The highest BCUT2D eigenvalue weighted by molar-refractivity contribution is 9.10. The van der Waals surface area contributed by atoms with Crippen LogP contribution >= 0.6 is 15.9 Å². The van der Waals surface area contributed by atoms with Gasteiger partial charge in [0.2, 0.25) is 0 Å². The van der Waals surface area contributed by atoms with E-state index in [-0.39, 0.29) is 11.7 Å². The van der Waals surface area contributed by atoms with E-state index >= 15 is 0 Å². The molecule has 1 atom stereocenters. The highest BCUT2D eigenvalue weighted by Crippen LogP contribution is 2.37. The monoisotopic (exact) mass is 286 g/mol. The molecule has 0 heterocycles. The fourth-order valence-corrected chi connectivity index (χ4v) is 2.72. The minimum absolute atomic E-state index is 0.229. The summed E-state index contributed by atoms with van der Waals surface area (Å²) in [5.41, 5.74) is 3.27. The van der Waals surface area contributed by atoms with Crippen molar-refractivity contribution in [3.05, 3.63) is 69.7 Å². The first-order valence-electron chi connectivity index (χ1n) is 5.63. The molecule has 0 aliphatic heterocycles. The zero-order chi connectivity index (χ0) is 11.8. The normalized spacial score (nSPS) is 18.2. The third kappa shape index (κ3) is 1.83. The third-order valence-electron chi connectivity index (χ3n) is 3.30. The van der Waals surface area contributed by atoms with Crippen molar-refractivity contribution in [2.45, 2.75) is 12.3 Å². The lowest BCUT2D eigenvalue weighted by molar-refractivity contribution is 0.0991. The summed E-state index contributed by atoms with van der Waals surface area (Å²) in [7, 11) is 0. The Balaban J connectivity index is 2.07. The first-order valence-corrected chi connectivity index (χ1v) is 6.42. The smallest absolute Gasteiger partial charge is 0.164 e. The number of halogens is 1. The molecule has 0 radical (unpaired) electrons. The zero-order valence-electron chi connectivity index (χ0n) is 9.19. The van der Waals surface area contributed by atoms with Crippen LogP contribution < -0.4 is 0 Å². The molecule has 0 fully saturated rings. The van der Waals surface area contributed by atoms with E-state index in [9.17, 15) is 4.79 Å². The molecule has 0 N–H and O–H groups in total. The molecule has 2 aromatic carbocycles. The van der Waals surface area contributed by atoms with Crippen molar-refractivity contribution in [2.75, 3.05) is 0 Å². The molecule has 1 aliphatic carbocycles. The van der Waals surface area contributed by atoms with Crippen LogP contribution in [0, 0.1) is 0 Å². The first kappa shape index (κ1) is 10.7. The van der Waals surface area contributed by atoms with Crippen LogP contribution in [0.4, 0.5) is 0 Å². The van der Waals surface area contributed by atoms with Gasteiger partial charge in [0.1, 0.15) is 0 Å². The van der Waals surface area contributed by atoms with Crippen LogP contribution in [0.2, 0.25) is 0 Å². The molecule has 3 rings (SSSR count). The van der Waals surface area contributed by atoms with Gasteiger partial charge in [-0.05, 0) is 23.3 Å². The van der Waals surface area contributed by atoms with Crippen LogP contribution in [0.15, 0.2) is 53.0 Å². The predicted octanol–water partition coefficient (Wildman–Crippen LogP) is 4.17. The summed E-state index contributed by atoms with van der Waals surface area (Å²) >= 11 is 3.43. The van der Waals surface area contributed by atoms with Crippen molar-refractivity contribution in [3.63, 3.8) is 0 Å². The molecule has 0 spiro atoms. The third-order valence-corrected chi connectivity index (χ3v) is 3.83. The van der Waals surface area contributed by atoms with E-state index in [2.05, 4.69) is 34.1 Å². The number of benzene rings is 2. The Morgan fingerprint density at radius 3 is 2.47 bits per heavy atom. The number of carbonyl (C=O) groups is 1. The average molecular weight is 287 g/mol. The molecular weight excluding hydrogens is 276 g/mol. The number of hydrogen-bond acceptors (Lipinski definition) is 1. The summed E-state index contributed by atoms with van der Waals surface area (Å²) in [6, 6.07) is 16.2. The van der Waals surface area contributed by atoms with Crippen LogP contribution in [-0.2, 0) is 0 Å². The highest BCUT2D eigenvalue weighted by atomic mass is 79.9. The first-order chi connectivity index (χ1) is 8.25. The molecule has 0 bridgehead atoms. The van der Waals surface area contributed by atoms with Gasteiger partial charge in [-0.2, -0.15) is 0 Å². The van der Waals surface area contributed by atoms with E-state index in [1.54, 1.807) is 0 Å². The van der Waals surface area contributed by atoms with E-state index in [1.165, 1.54) is 11.1 Å². The highest BCUT2D eigenvalue weighted by Gasteiger charge is 2.29. The van der Waals surface area contributed by atoms with E-state index in [1.807, 2.05) is 30.3 Å². The van der Waals surface area contributed by atoms with Gasteiger partial charge < -0.3 is 0 Å². The van der Waals surface area contributed by atoms with Gasteiger partial charge in [-0.1, -0.05) is 52.3 Å². The second-order valence-electron chi connectivity index (χ2n) is 4.32. The van der Waals surface area contributed by atoms with Crippen LogP contribution in [0.5, 0.6) is 0 Å². The van der Waals surface area contributed by atoms with E-state index in [0.717, 1.165) is 10.0 Å². The van der Waals surface area contributed by atoms with Crippen molar-refractivity contribution in [3.8, 4) is 0 Å². The Morgan fingerprint density at radius 1 is 1.00 bits per heavy atom. The lowest BCUT2D eigenvalue weighted by atomic mass is 9.93. The van der Waals surface area contributed by atoms with Gasteiger partial charge in [0.05, 0.1) is 0 Å². The van der Waals surface area contributed by atoms with Gasteiger partial charge in [-0.3, -0.25) is 4.79 Å². The molecule has 0 unspecified atom stereocenters.